The average molecular weight is 413 g/mol. The van der Waals surface area contributed by atoms with E-state index in [1.807, 2.05) is 0 Å². The number of rotatable bonds is 7. The summed E-state index contributed by atoms with van der Waals surface area (Å²) in [5, 5.41) is 4.33. The minimum atomic E-state index is -0.610. The van der Waals surface area contributed by atoms with Crippen molar-refractivity contribution in [2.45, 2.75) is 6.42 Å². The molecule has 26 heavy (non-hydrogen) atoms. The van der Waals surface area contributed by atoms with Crippen LogP contribution in [0.25, 0.3) is 6.08 Å². The molecule has 0 aliphatic heterocycles. The highest BCUT2D eigenvalue weighted by molar-refractivity contribution is 6.35. The third-order valence-corrected chi connectivity index (χ3v) is 4.16. The molecule has 136 valence electrons. The summed E-state index contributed by atoms with van der Waals surface area (Å²) in [7, 11) is 0. The quantitative estimate of drug-likeness (QED) is 0.536. The second-order valence-electron chi connectivity index (χ2n) is 5.33. The topological polar surface area (TPSA) is 55.4 Å². The van der Waals surface area contributed by atoms with Gasteiger partial charge in [0.2, 0.25) is 0 Å². The van der Waals surface area contributed by atoms with Crippen molar-refractivity contribution in [2.75, 3.05) is 13.2 Å². The zero-order chi connectivity index (χ0) is 18.9. The highest BCUT2D eigenvalue weighted by Crippen LogP contribution is 2.21. The highest BCUT2D eigenvalue weighted by Gasteiger charge is 2.06. The van der Waals surface area contributed by atoms with E-state index >= 15 is 0 Å². The molecule has 2 rings (SSSR count). The zero-order valence-electron chi connectivity index (χ0n) is 13.7. The molecule has 0 saturated heterocycles. The van der Waals surface area contributed by atoms with E-state index in [2.05, 4.69) is 5.32 Å². The van der Waals surface area contributed by atoms with Crippen molar-refractivity contribution in [3.8, 4) is 0 Å². The lowest BCUT2D eigenvalue weighted by atomic mass is 10.1. The Morgan fingerprint density at radius 2 is 1.81 bits per heavy atom. The minimum Gasteiger partial charge on any atom is -0.452 e. The van der Waals surface area contributed by atoms with Gasteiger partial charge in [-0.15, -0.1) is 0 Å². The van der Waals surface area contributed by atoms with Gasteiger partial charge in [-0.3, -0.25) is 4.79 Å². The lowest BCUT2D eigenvalue weighted by molar-refractivity contribution is -0.143. The van der Waals surface area contributed by atoms with Crippen LogP contribution in [0.15, 0.2) is 48.5 Å². The number of benzene rings is 2. The molecule has 0 unspecified atom stereocenters. The Hall–Kier alpha value is -2.01. The number of carbonyl (C=O) groups is 2. The smallest absolute Gasteiger partial charge is 0.331 e. The normalized spacial score (nSPS) is 10.7. The van der Waals surface area contributed by atoms with Gasteiger partial charge < -0.3 is 10.1 Å². The van der Waals surface area contributed by atoms with Gasteiger partial charge in [-0.1, -0.05) is 53.0 Å². The molecule has 1 N–H and O–H groups in total. The van der Waals surface area contributed by atoms with Crippen LogP contribution in [0.5, 0.6) is 0 Å². The van der Waals surface area contributed by atoms with E-state index in [1.165, 1.54) is 6.08 Å². The van der Waals surface area contributed by atoms with Gasteiger partial charge >= 0.3 is 5.97 Å². The van der Waals surface area contributed by atoms with Crippen molar-refractivity contribution in [2.24, 2.45) is 0 Å². The summed E-state index contributed by atoms with van der Waals surface area (Å²) in [5.41, 5.74) is 1.64. The monoisotopic (exact) mass is 411 g/mol. The Morgan fingerprint density at radius 1 is 1.04 bits per heavy atom. The van der Waals surface area contributed by atoms with E-state index in [-0.39, 0.29) is 12.5 Å². The summed E-state index contributed by atoms with van der Waals surface area (Å²) in [5.74, 6) is -1.000. The number of ether oxygens (including phenoxy) is 1. The summed E-state index contributed by atoms with van der Waals surface area (Å²) < 4.78 is 4.88. The fraction of sp³-hybridized carbons (Fsp3) is 0.158. The van der Waals surface area contributed by atoms with Crippen LogP contribution < -0.4 is 5.32 Å². The molecule has 0 radical (unpaired) electrons. The number of carbonyl (C=O) groups excluding carboxylic acids is 2. The fourth-order valence-electron chi connectivity index (χ4n) is 2.07. The molecule has 0 heterocycles. The van der Waals surface area contributed by atoms with Crippen LogP contribution in [-0.2, 0) is 20.7 Å². The molecule has 7 heteroatoms. The molecule has 0 fully saturated rings. The minimum absolute atomic E-state index is 0.354. The van der Waals surface area contributed by atoms with Gasteiger partial charge in [-0.25, -0.2) is 4.79 Å². The zero-order valence-corrected chi connectivity index (χ0v) is 15.9. The van der Waals surface area contributed by atoms with Crippen LogP contribution in [0.1, 0.15) is 11.1 Å². The van der Waals surface area contributed by atoms with E-state index in [0.29, 0.717) is 28.0 Å². The first-order valence-electron chi connectivity index (χ1n) is 7.75. The maximum Gasteiger partial charge on any atom is 0.331 e. The van der Waals surface area contributed by atoms with E-state index in [0.717, 1.165) is 11.1 Å². The van der Waals surface area contributed by atoms with Gasteiger partial charge in [0, 0.05) is 27.7 Å². The van der Waals surface area contributed by atoms with E-state index in [9.17, 15) is 9.59 Å². The largest absolute Gasteiger partial charge is 0.452 e. The summed E-state index contributed by atoms with van der Waals surface area (Å²) in [6.07, 6.45) is 3.35. The molecule has 0 aliphatic carbocycles. The van der Waals surface area contributed by atoms with Crippen molar-refractivity contribution in [3.63, 3.8) is 0 Å². The molecule has 0 aliphatic rings. The number of nitrogens with one attached hydrogen (secondary N) is 1. The van der Waals surface area contributed by atoms with Gasteiger partial charge in [0.05, 0.1) is 0 Å². The van der Waals surface area contributed by atoms with Crippen LogP contribution in [0.3, 0.4) is 0 Å². The third-order valence-electron chi connectivity index (χ3n) is 3.34. The summed E-state index contributed by atoms with van der Waals surface area (Å²) >= 11 is 17.7. The summed E-state index contributed by atoms with van der Waals surface area (Å²) in [6, 6.07) is 12.2. The van der Waals surface area contributed by atoms with E-state index < -0.39 is 5.97 Å². The predicted octanol–water partition coefficient (Wildman–Crippen LogP) is 4.56. The van der Waals surface area contributed by atoms with Gasteiger partial charge in [0.25, 0.3) is 5.91 Å². The summed E-state index contributed by atoms with van der Waals surface area (Å²) in [6.45, 7) is 0.0170. The lowest BCUT2D eigenvalue weighted by Crippen LogP contribution is -2.30. The maximum absolute atomic E-state index is 11.7. The Morgan fingerprint density at radius 3 is 2.54 bits per heavy atom. The van der Waals surface area contributed by atoms with Gasteiger partial charge in [0.1, 0.15) is 0 Å². The molecule has 0 spiro atoms. The SMILES string of the molecule is O=C(COC(=O)/C=C/c1cccc(Cl)c1)NCCc1ccc(Cl)cc1Cl. The van der Waals surface area contributed by atoms with Crippen molar-refractivity contribution in [3.05, 3.63) is 74.7 Å². The Balaban J connectivity index is 1.70. The summed E-state index contributed by atoms with van der Waals surface area (Å²) in [4.78, 5) is 23.3. The standard InChI is InChI=1S/C19H16Cl3NO3/c20-15-3-1-2-13(10-15)4-7-19(25)26-12-18(24)23-9-8-14-5-6-16(21)11-17(14)22/h1-7,10-11H,8-9,12H2,(H,23,24)/b7-4+. The van der Waals surface area contributed by atoms with Crippen LogP contribution >= 0.6 is 34.8 Å². The van der Waals surface area contributed by atoms with Crippen LogP contribution in [0, 0.1) is 0 Å². The molecular weight excluding hydrogens is 397 g/mol. The first kappa shape index (κ1) is 20.3. The fourth-order valence-corrected chi connectivity index (χ4v) is 2.77. The second-order valence-corrected chi connectivity index (χ2v) is 6.61. The van der Waals surface area contributed by atoms with Gasteiger partial charge in [0.15, 0.2) is 6.61 Å². The third kappa shape index (κ3) is 7.08. The Labute approximate surface area is 166 Å². The van der Waals surface area contributed by atoms with Crippen LogP contribution in [-0.4, -0.2) is 25.0 Å². The number of amides is 1. The van der Waals surface area contributed by atoms with Gasteiger partial charge in [-0.2, -0.15) is 0 Å². The highest BCUT2D eigenvalue weighted by atomic mass is 35.5. The number of hydrogen-bond acceptors (Lipinski definition) is 3. The van der Waals surface area contributed by atoms with Crippen molar-refractivity contribution >= 4 is 52.8 Å². The van der Waals surface area contributed by atoms with Crippen molar-refractivity contribution in [1.82, 2.24) is 5.32 Å². The predicted molar refractivity (Wildman–Crippen MR) is 105 cm³/mol. The lowest BCUT2D eigenvalue weighted by Gasteiger charge is -2.07. The molecule has 0 aromatic heterocycles. The first-order chi connectivity index (χ1) is 12.4. The van der Waals surface area contributed by atoms with Crippen molar-refractivity contribution < 1.29 is 14.3 Å². The average Bonchev–Trinajstić information content (AvgIpc) is 2.60. The number of halogens is 3. The first-order valence-corrected chi connectivity index (χ1v) is 8.88. The van der Waals surface area contributed by atoms with Crippen LogP contribution in [0.2, 0.25) is 15.1 Å². The van der Waals surface area contributed by atoms with E-state index in [1.54, 1.807) is 48.5 Å². The van der Waals surface area contributed by atoms with Crippen LogP contribution in [0.4, 0.5) is 0 Å². The molecule has 4 nitrogen and oxygen atoms in total. The molecule has 0 bridgehead atoms. The molecule has 2 aromatic carbocycles. The number of esters is 1. The molecular formula is C19H16Cl3NO3. The number of hydrogen-bond donors (Lipinski definition) is 1. The van der Waals surface area contributed by atoms with Crippen molar-refractivity contribution in [1.29, 1.82) is 0 Å². The van der Waals surface area contributed by atoms with Gasteiger partial charge in [-0.05, 0) is 47.9 Å². The second kappa shape index (κ2) is 10.2. The Bertz CT molecular complexity index is 821. The molecule has 2 aromatic rings. The molecule has 0 saturated carbocycles. The maximum atomic E-state index is 11.7. The van der Waals surface area contributed by atoms with E-state index in [4.69, 9.17) is 39.5 Å². The molecule has 0 atom stereocenters. The Kier molecular flexibility index (Phi) is 7.98. The molecule has 1 amide bonds.